The summed E-state index contributed by atoms with van der Waals surface area (Å²) in [6, 6.07) is 9.44. The van der Waals surface area contributed by atoms with Crippen molar-refractivity contribution in [2.24, 2.45) is 10.9 Å². The predicted molar refractivity (Wildman–Crippen MR) is 119 cm³/mol. The average molecular weight is 389 g/mol. The van der Waals surface area contributed by atoms with Crippen LogP contribution in [-0.4, -0.2) is 27.8 Å². The van der Waals surface area contributed by atoms with Crippen LogP contribution >= 0.6 is 0 Å². The molecule has 0 amide bonds. The van der Waals surface area contributed by atoms with Gasteiger partial charge < -0.3 is 5.32 Å². The van der Waals surface area contributed by atoms with Gasteiger partial charge in [-0.1, -0.05) is 25.1 Å². The van der Waals surface area contributed by atoms with E-state index in [4.69, 9.17) is 4.99 Å². The Morgan fingerprint density at radius 3 is 2.83 bits per heavy atom. The molecule has 2 aliphatic heterocycles. The Balaban J connectivity index is 1.40. The number of aliphatic imine (C=N–C) groups is 1. The number of rotatable bonds is 6. The summed E-state index contributed by atoms with van der Waals surface area (Å²) in [4.78, 5) is 14.1. The van der Waals surface area contributed by atoms with Crippen LogP contribution in [0.2, 0.25) is 0 Å². The summed E-state index contributed by atoms with van der Waals surface area (Å²) >= 11 is 0. The third-order valence-electron chi connectivity index (χ3n) is 6.28. The first-order chi connectivity index (χ1) is 14.2. The SMILES string of the molecule is Cc1cccnc1[C@@H]1CCC[C@H](C2N=C(CCCc3cccnc3)C=CC2C)N1. The molecule has 0 saturated carbocycles. The highest BCUT2D eigenvalue weighted by molar-refractivity contribution is 5.95. The summed E-state index contributed by atoms with van der Waals surface area (Å²) in [7, 11) is 0. The zero-order valence-corrected chi connectivity index (χ0v) is 17.6. The van der Waals surface area contributed by atoms with Crippen molar-refractivity contribution in [1.82, 2.24) is 15.3 Å². The van der Waals surface area contributed by atoms with E-state index in [9.17, 15) is 0 Å². The van der Waals surface area contributed by atoms with E-state index in [-0.39, 0.29) is 0 Å². The number of aromatic nitrogens is 2. The molecule has 4 nitrogen and oxygen atoms in total. The lowest BCUT2D eigenvalue weighted by atomic mass is 9.84. The van der Waals surface area contributed by atoms with E-state index in [1.165, 1.54) is 35.4 Å². The molecule has 0 radical (unpaired) electrons. The molecular formula is C25H32N4. The van der Waals surface area contributed by atoms with Gasteiger partial charge in [0.25, 0.3) is 0 Å². The van der Waals surface area contributed by atoms with E-state index >= 15 is 0 Å². The van der Waals surface area contributed by atoms with Gasteiger partial charge in [-0.05, 0) is 80.7 Å². The normalized spacial score (nSPS) is 26.9. The summed E-state index contributed by atoms with van der Waals surface area (Å²) in [6.07, 6.45) is 17.1. The predicted octanol–water partition coefficient (Wildman–Crippen LogP) is 5.01. The van der Waals surface area contributed by atoms with Crippen molar-refractivity contribution in [3.8, 4) is 0 Å². The zero-order chi connectivity index (χ0) is 20.1. The number of nitrogens with one attached hydrogen (secondary N) is 1. The van der Waals surface area contributed by atoms with Crippen LogP contribution in [-0.2, 0) is 6.42 Å². The number of nitrogens with zero attached hydrogens (tertiary/aromatic N) is 3. The van der Waals surface area contributed by atoms with Gasteiger partial charge in [-0.3, -0.25) is 15.0 Å². The van der Waals surface area contributed by atoms with Crippen molar-refractivity contribution >= 4 is 5.71 Å². The van der Waals surface area contributed by atoms with Gasteiger partial charge in [0.15, 0.2) is 0 Å². The zero-order valence-electron chi connectivity index (χ0n) is 17.6. The van der Waals surface area contributed by atoms with Crippen molar-refractivity contribution in [1.29, 1.82) is 0 Å². The van der Waals surface area contributed by atoms with E-state index < -0.39 is 0 Å². The fraction of sp³-hybridized carbons (Fsp3) is 0.480. The van der Waals surface area contributed by atoms with Gasteiger partial charge in [0.05, 0.1) is 17.8 Å². The lowest BCUT2D eigenvalue weighted by molar-refractivity contribution is 0.264. The molecule has 2 aromatic rings. The monoisotopic (exact) mass is 388 g/mol. The summed E-state index contributed by atoms with van der Waals surface area (Å²) < 4.78 is 0. The van der Waals surface area contributed by atoms with Gasteiger partial charge in [0.2, 0.25) is 0 Å². The van der Waals surface area contributed by atoms with Crippen molar-refractivity contribution < 1.29 is 0 Å². The minimum Gasteiger partial charge on any atom is -0.304 e. The second-order valence-electron chi connectivity index (χ2n) is 8.51. The summed E-state index contributed by atoms with van der Waals surface area (Å²) in [5.41, 5.74) is 5.04. The topological polar surface area (TPSA) is 50.2 Å². The molecule has 1 fully saturated rings. The molecule has 2 unspecified atom stereocenters. The van der Waals surface area contributed by atoms with Crippen molar-refractivity contribution in [3.63, 3.8) is 0 Å². The van der Waals surface area contributed by atoms with E-state index in [1.807, 2.05) is 30.7 Å². The van der Waals surface area contributed by atoms with Gasteiger partial charge in [-0.25, -0.2) is 0 Å². The standard InChI is InChI=1S/C25H32N4/c1-18-7-5-16-27-24(18)22-11-4-12-23(29-22)25-19(2)13-14-21(28-25)10-3-8-20-9-6-15-26-17-20/h5-7,9,13-17,19,22-23,25,29H,3-4,8,10-12H2,1-2H3/t19?,22-,23+,25?/m0/s1. The van der Waals surface area contributed by atoms with Crippen LogP contribution in [0.1, 0.15) is 61.9 Å². The highest BCUT2D eigenvalue weighted by Crippen LogP contribution is 2.31. The summed E-state index contributed by atoms with van der Waals surface area (Å²) in [5, 5.41) is 3.90. The fourth-order valence-electron chi connectivity index (χ4n) is 4.67. The largest absolute Gasteiger partial charge is 0.304 e. The molecule has 2 aliphatic rings. The number of hydrogen-bond acceptors (Lipinski definition) is 4. The van der Waals surface area contributed by atoms with Gasteiger partial charge in [0.1, 0.15) is 0 Å². The minimum atomic E-state index is 0.320. The minimum absolute atomic E-state index is 0.320. The molecule has 29 heavy (non-hydrogen) atoms. The molecule has 1 N–H and O–H groups in total. The van der Waals surface area contributed by atoms with Gasteiger partial charge >= 0.3 is 0 Å². The fourth-order valence-corrected chi connectivity index (χ4v) is 4.67. The van der Waals surface area contributed by atoms with Crippen LogP contribution in [0, 0.1) is 12.8 Å². The lowest BCUT2D eigenvalue weighted by Gasteiger charge is -2.37. The number of dihydropyridines is 1. The van der Waals surface area contributed by atoms with Crippen molar-refractivity contribution in [2.75, 3.05) is 0 Å². The van der Waals surface area contributed by atoms with E-state index in [1.54, 1.807) is 0 Å². The maximum atomic E-state index is 5.20. The highest BCUT2D eigenvalue weighted by Gasteiger charge is 2.32. The quantitative estimate of drug-likeness (QED) is 0.757. The number of aryl methyl sites for hydroxylation is 2. The molecule has 1 saturated heterocycles. The Kier molecular flexibility index (Phi) is 6.50. The summed E-state index contributed by atoms with van der Waals surface area (Å²) in [5.74, 6) is 0.471. The Hall–Kier alpha value is -2.33. The van der Waals surface area contributed by atoms with Gasteiger partial charge in [-0.15, -0.1) is 0 Å². The van der Waals surface area contributed by atoms with E-state index in [2.05, 4.69) is 53.4 Å². The van der Waals surface area contributed by atoms with Crippen LogP contribution in [0.4, 0.5) is 0 Å². The second kappa shape index (κ2) is 9.45. The molecule has 4 heterocycles. The number of allylic oxidation sites excluding steroid dienone is 1. The molecule has 2 aromatic heterocycles. The Labute approximate surface area is 174 Å². The molecule has 4 rings (SSSR count). The lowest BCUT2D eigenvalue weighted by Crippen LogP contribution is -2.47. The molecule has 0 aromatic carbocycles. The third-order valence-corrected chi connectivity index (χ3v) is 6.28. The number of pyridine rings is 2. The van der Waals surface area contributed by atoms with Crippen LogP contribution in [0.25, 0.3) is 0 Å². The third kappa shape index (κ3) is 4.99. The van der Waals surface area contributed by atoms with Crippen LogP contribution < -0.4 is 5.32 Å². The number of piperidine rings is 1. The van der Waals surface area contributed by atoms with Crippen molar-refractivity contribution in [3.05, 3.63) is 71.8 Å². The number of hydrogen-bond donors (Lipinski definition) is 1. The highest BCUT2D eigenvalue weighted by atomic mass is 15.0. The Morgan fingerprint density at radius 1 is 1.10 bits per heavy atom. The Bertz CT molecular complexity index is 858. The first-order valence-electron chi connectivity index (χ1n) is 11.0. The molecule has 4 heteroatoms. The van der Waals surface area contributed by atoms with Crippen LogP contribution in [0.5, 0.6) is 0 Å². The smallest absolute Gasteiger partial charge is 0.0715 e. The maximum Gasteiger partial charge on any atom is 0.0715 e. The second-order valence-corrected chi connectivity index (χ2v) is 8.51. The van der Waals surface area contributed by atoms with Gasteiger partial charge in [0, 0.05) is 30.3 Å². The van der Waals surface area contributed by atoms with Crippen LogP contribution in [0.3, 0.4) is 0 Å². The molecule has 0 aliphatic carbocycles. The van der Waals surface area contributed by atoms with Gasteiger partial charge in [-0.2, -0.15) is 0 Å². The van der Waals surface area contributed by atoms with E-state index in [0.717, 1.165) is 25.7 Å². The first kappa shape index (κ1) is 20.0. The Morgan fingerprint density at radius 2 is 2.00 bits per heavy atom. The first-order valence-corrected chi connectivity index (χ1v) is 11.0. The van der Waals surface area contributed by atoms with E-state index in [0.29, 0.717) is 24.0 Å². The molecule has 152 valence electrons. The average Bonchev–Trinajstić information content (AvgIpc) is 2.76. The van der Waals surface area contributed by atoms with Crippen molar-refractivity contribution in [2.45, 2.75) is 70.5 Å². The van der Waals surface area contributed by atoms with Crippen LogP contribution in [0.15, 0.2) is 60.0 Å². The molecular weight excluding hydrogens is 356 g/mol. The molecule has 0 bridgehead atoms. The summed E-state index contributed by atoms with van der Waals surface area (Å²) in [6.45, 7) is 4.46. The molecule has 4 atom stereocenters. The maximum absolute atomic E-state index is 5.20. The molecule has 0 spiro atoms.